The lowest BCUT2D eigenvalue weighted by Gasteiger charge is -2.24. The number of likely N-dealkylation sites (N-methyl/N-ethyl adjacent to an activating group) is 1. The molecular formula is C20H22ClN3OS. The predicted octanol–water partition coefficient (Wildman–Crippen LogP) is 4.82. The number of para-hydroxylation sites is 1. The Morgan fingerprint density at radius 1 is 1.23 bits per heavy atom. The Bertz CT molecular complexity index is 878. The number of hydrogen-bond donors (Lipinski definition) is 1. The van der Waals surface area contributed by atoms with Crippen LogP contribution in [0.15, 0.2) is 48.5 Å². The van der Waals surface area contributed by atoms with Crippen LogP contribution in [0.1, 0.15) is 36.5 Å². The minimum atomic E-state index is -0.0665. The molecule has 2 aromatic carbocycles. The first-order valence-electron chi connectivity index (χ1n) is 8.55. The summed E-state index contributed by atoms with van der Waals surface area (Å²) in [4.78, 5) is 19.0. The van der Waals surface area contributed by atoms with Gasteiger partial charge in [0.25, 0.3) is 0 Å². The lowest BCUT2D eigenvalue weighted by Crippen LogP contribution is -2.37. The number of carbonyl (C=O) groups is 1. The predicted molar refractivity (Wildman–Crippen MR) is 109 cm³/mol. The molecule has 0 aliphatic heterocycles. The summed E-state index contributed by atoms with van der Waals surface area (Å²) in [6.45, 7) is 4.30. The standard InChI is InChI=1S/C20H22ClN3OS/c1-13(15-7-6-8-16(21)11-15)22-12-19(25)24(3)14(2)20-23-17-9-4-5-10-18(17)26-20/h4-11,13-14,22H,12H2,1-3H3/t13-,14-/m0/s1. The average Bonchev–Trinajstić information content (AvgIpc) is 3.08. The zero-order chi connectivity index (χ0) is 18.7. The molecule has 136 valence electrons. The number of benzene rings is 2. The first-order chi connectivity index (χ1) is 12.5. The molecule has 4 nitrogen and oxygen atoms in total. The van der Waals surface area contributed by atoms with Gasteiger partial charge in [-0.15, -0.1) is 11.3 Å². The largest absolute Gasteiger partial charge is 0.335 e. The van der Waals surface area contributed by atoms with Crippen LogP contribution in [0.2, 0.25) is 5.02 Å². The second kappa shape index (κ2) is 8.16. The van der Waals surface area contributed by atoms with Gasteiger partial charge in [-0.05, 0) is 43.7 Å². The van der Waals surface area contributed by atoms with Crippen molar-refractivity contribution >= 4 is 39.1 Å². The summed E-state index contributed by atoms with van der Waals surface area (Å²) >= 11 is 7.67. The fraction of sp³-hybridized carbons (Fsp3) is 0.300. The number of hydrogen-bond acceptors (Lipinski definition) is 4. The van der Waals surface area contributed by atoms with Crippen molar-refractivity contribution in [2.24, 2.45) is 0 Å². The zero-order valence-corrected chi connectivity index (χ0v) is 16.6. The highest BCUT2D eigenvalue weighted by Gasteiger charge is 2.21. The molecule has 3 rings (SSSR count). The molecule has 0 fully saturated rings. The fourth-order valence-corrected chi connectivity index (χ4v) is 3.97. The van der Waals surface area contributed by atoms with Gasteiger partial charge in [0, 0.05) is 18.1 Å². The van der Waals surface area contributed by atoms with Crippen LogP contribution in [0.5, 0.6) is 0 Å². The number of carbonyl (C=O) groups excluding carboxylic acids is 1. The first-order valence-corrected chi connectivity index (χ1v) is 9.75. The Morgan fingerprint density at radius 3 is 2.73 bits per heavy atom. The summed E-state index contributed by atoms with van der Waals surface area (Å²) in [5.74, 6) is 0.0330. The molecule has 0 aliphatic rings. The first kappa shape index (κ1) is 18.8. The van der Waals surface area contributed by atoms with Gasteiger partial charge < -0.3 is 10.2 Å². The van der Waals surface area contributed by atoms with Gasteiger partial charge >= 0.3 is 0 Å². The third kappa shape index (κ3) is 4.23. The van der Waals surface area contributed by atoms with Gasteiger partial charge in [0.2, 0.25) is 5.91 Å². The molecule has 0 aliphatic carbocycles. The molecule has 1 N–H and O–H groups in total. The maximum atomic E-state index is 12.6. The van der Waals surface area contributed by atoms with E-state index >= 15 is 0 Å². The number of fused-ring (bicyclic) bond motifs is 1. The molecule has 1 aromatic heterocycles. The number of amides is 1. The summed E-state index contributed by atoms with van der Waals surface area (Å²) in [5, 5.41) is 4.92. The molecule has 0 saturated heterocycles. The summed E-state index contributed by atoms with van der Waals surface area (Å²) in [7, 11) is 1.82. The third-order valence-corrected chi connectivity index (χ3v) is 5.99. The van der Waals surface area contributed by atoms with E-state index < -0.39 is 0 Å². The minimum Gasteiger partial charge on any atom is -0.335 e. The smallest absolute Gasteiger partial charge is 0.236 e. The third-order valence-electron chi connectivity index (χ3n) is 4.55. The van der Waals surface area contributed by atoms with E-state index in [0.717, 1.165) is 20.8 Å². The second-order valence-electron chi connectivity index (χ2n) is 6.36. The van der Waals surface area contributed by atoms with Gasteiger partial charge in [0.1, 0.15) is 5.01 Å². The Balaban J connectivity index is 1.61. The average molecular weight is 388 g/mol. The van der Waals surface area contributed by atoms with Crippen LogP contribution < -0.4 is 5.32 Å². The maximum Gasteiger partial charge on any atom is 0.236 e. The zero-order valence-electron chi connectivity index (χ0n) is 15.1. The number of rotatable bonds is 6. The van der Waals surface area contributed by atoms with Crippen LogP contribution >= 0.6 is 22.9 Å². The number of nitrogens with one attached hydrogen (secondary N) is 1. The minimum absolute atomic E-state index is 0.0330. The molecule has 0 spiro atoms. The van der Waals surface area contributed by atoms with Crippen molar-refractivity contribution in [2.45, 2.75) is 25.9 Å². The summed E-state index contributed by atoms with van der Waals surface area (Å²) in [5.41, 5.74) is 2.04. The number of aromatic nitrogens is 1. The van der Waals surface area contributed by atoms with E-state index in [9.17, 15) is 4.79 Å². The molecule has 0 saturated carbocycles. The van der Waals surface area contributed by atoms with Crippen LogP contribution in [-0.2, 0) is 4.79 Å². The van der Waals surface area contributed by atoms with Gasteiger partial charge in [-0.25, -0.2) is 4.98 Å². The van der Waals surface area contributed by atoms with Crippen molar-refractivity contribution in [3.05, 3.63) is 64.1 Å². The van der Waals surface area contributed by atoms with Crippen LogP contribution in [-0.4, -0.2) is 29.4 Å². The Morgan fingerprint density at radius 2 is 2.00 bits per heavy atom. The molecule has 0 radical (unpaired) electrons. The molecule has 3 aromatic rings. The molecule has 1 heterocycles. The van der Waals surface area contributed by atoms with Crippen molar-refractivity contribution in [1.29, 1.82) is 0 Å². The van der Waals surface area contributed by atoms with Crippen LogP contribution in [0.25, 0.3) is 10.2 Å². The van der Waals surface area contributed by atoms with Gasteiger partial charge in [0.05, 0.1) is 22.8 Å². The van der Waals surface area contributed by atoms with Crippen LogP contribution in [0, 0.1) is 0 Å². The molecule has 26 heavy (non-hydrogen) atoms. The quantitative estimate of drug-likeness (QED) is 0.659. The Kier molecular flexibility index (Phi) is 5.91. The summed E-state index contributed by atoms with van der Waals surface area (Å²) in [6, 6.07) is 15.7. The molecule has 0 bridgehead atoms. The van der Waals surface area contributed by atoms with Gasteiger partial charge in [-0.1, -0.05) is 35.9 Å². The summed E-state index contributed by atoms with van der Waals surface area (Å²) < 4.78 is 1.14. The number of halogens is 1. The number of thiazole rings is 1. The SMILES string of the molecule is C[C@H](NCC(=O)N(C)[C@@H](C)c1nc2ccccc2s1)c1cccc(Cl)c1. The van der Waals surface area contributed by atoms with Crippen molar-refractivity contribution < 1.29 is 4.79 Å². The monoisotopic (exact) mass is 387 g/mol. The van der Waals surface area contributed by atoms with Gasteiger partial charge in [-0.3, -0.25) is 4.79 Å². The van der Waals surface area contributed by atoms with Crippen LogP contribution in [0.3, 0.4) is 0 Å². The van der Waals surface area contributed by atoms with E-state index in [1.807, 2.05) is 63.4 Å². The Hall–Kier alpha value is -1.95. The van der Waals surface area contributed by atoms with Crippen molar-refractivity contribution in [2.75, 3.05) is 13.6 Å². The van der Waals surface area contributed by atoms with Crippen molar-refractivity contribution in [3.63, 3.8) is 0 Å². The maximum absolute atomic E-state index is 12.6. The van der Waals surface area contributed by atoms with E-state index in [1.165, 1.54) is 0 Å². The number of nitrogens with zero attached hydrogens (tertiary/aromatic N) is 2. The molecule has 1 amide bonds. The van der Waals surface area contributed by atoms with Gasteiger partial charge in [-0.2, -0.15) is 0 Å². The highest BCUT2D eigenvalue weighted by Crippen LogP contribution is 2.28. The lowest BCUT2D eigenvalue weighted by atomic mass is 10.1. The lowest BCUT2D eigenvalue weighted by molar-refractivity contribution is -0.131. The normalized spacial score (nSPS) is 13.5. The highest BCUT2D eigenvalue weighted by molar-refractivity contribution is 7.18. The summed E-state index contributed by atoms with van der Waals surface area (Å²) in [6.07, 6.45) is 0. The van der Waals surface area contributed by atoms with Gasteiger partial charge in [0.15, 0.2) is 0 Å². The van der Waals surface area contributed by atoms with E-state index in [-0.39, 0.29) is 24.5 Å². The van der Waals surface area contributed by atoms with Crippen molar-refractivity contribution in [3.8, 4) is 0 Å². The Labute approximate surface area is 162 Å². The van der Waals surface area contributed by atoms with E-state index in [0.29, 0.717) is 5.02 Å². The van der Waals surface area contributed by atoms with E-state index in [1.54, 1.807) is 16.2 Å². The fourth-order valence-electron chi connectivity index (χ4n) is 2.71. The molecule has 6 heteroatoms. The van der Waals surface area contributed by atoms with E-state index in [4.69, 9.17) is 11.6 Å². The van der Waals surface area contributed by atoms with E-state index in [2.05, 4.69) is 16.4 Å². The highest BCUT2D eigenvalue weighted by atomic mass is 35.5. The molecular weight excluding hydrogens is 366 g/mol. The van der Waals surface area contributed by atoms with Crippen LogP contribution in [0.4, 0.5) is 0 Å². The van der Waals surface area contributed by atoms with Crippen molar-refractivity contribution in [1.82, 2.24) is 15.2 Å². The second-order valence-corrected chi connectivity index (χ2v) is 7.86. The molecule has 2 atom stereocenters. The molecule has 0 unspecified atom stereocenters. The topological polar surface area (TPSA) is 45.2 Å².